The number of ether oxygens (including phenoxy) is 4. The number of esters is 4. The number of rotatable bonds is 66. The first-order valence-electron chi connectivity index (χ1n) is 35.3. The lowest BCUT2D eigenvalue weighted by atomic mass is 10.0. The Hall–Kier alpha value is -1.94. The second-order valence-electron chi connectivity index (χ2n) is 26.0. The Bertz CT molecular complexity index is 1720. The molecule has 17 nitrogen and oxygen atoms in total. The normalized spacial score (nSPS) is 14.3. The van der Waals surface area contributed by atoms with Gasteiger partial charge in [0.1, 0.15) is 19.3 Å². The minimum absolute atomic E-state index is 0.101. The molecule has 5 atom stereocenters. The van der Waals surface area contributed by atoms with Crippen molar-refractivity contribution >= 4 is 39.5 Å². The quantitative estimate of drug-likeness (QED) is 0.0222. The van der Waals surface area contributed by atoms with Crippen molar-refractivity contribution in [2.24, 2.45) is 17.8 Å². The van der Waals surface area contributed by atoms with Crippen LogP contribution in [-0.4, -0.2) is 96.7 Å². The van der Waals surface area contributed by atoms with Crippen molar-refractivity contribution in [3.8, 4) is 0 Å². The van der Waals surface area contributed by atoms with E-state index in [-0.39, 0.29) is 25.7 Å². The van der Waals surface area contributed by atoms with Gasteiger partial charge in [0.25, 0.3) is 0 Å². The van der Waals surface area contributed by atoms with Gasteiger partial charge in [-0.3, -0.25) is 37.3 Å². The summed E-state index contributed by atoms with van der Waals surface area (Å²) in [6.07, 6.45) is 42.0. The Kier molecular flexibility index (Phi) is 57.8. The van der Waals surface area contributed by atoms with Gasteiger partial charge >= 0.3 is 39.5 Å². The highest BCUT2D eigenvalue weighted by atomic mass is 31.2. The molecule has 0 bridgehead atoms. The maximum Gasteiger partial charge on any atom is 0.472 e. The van der Waals surface area contributed by atoms with E-state index in [2.05, 4.69) is 48.5 Å². The number of unbranched alkanes of at least 4 members (excludes halogenated alkanes) is 34. The van der Waals surface area contributed by atoms with Gasteiger partial charge < -0.3 is 33.8 Å². The number of phosphoric acid groups is 2. The molecule has 0 aliphatic heterocycles. The van der Waals surface area contributed by atoms with E-state index in [0.29, 0.717) is 31.6 Å². The molecule has 0 saturated heterocycles. The Morgan fingerprint density at radius 2 is 0.529 bits per heavy atom. The van der Waals surface area contributed by atoms with Crippen molar-refractivity contribution < 1.29 is 80.2 Å². The monoisotopic (exact) mass is 1280 g/mol. The fourth-order valence-corrected chi connectivity index (χ4v) is 11.8. The predicted octanol–water partition coefficient (Wildman–Crippen LogP) is 19.1. The van der Waals surface area contributed by atoms with Gasteiger partial charge in [-0.1, -0.05) is 286 Å². The number of aliphatic hydroxyl groups excluding tert-OH is 1. The number of hydrogen-bond donors (Lipinski definition) is 3. The Labute approximate surface area is 530 Å². The Morgan fingerprint density at radius 1 is 0.310 bits per heavy atom. The summed E-state index contributed by atoms with van der Waals surface area (Å²) in [5.41, 5.74) is 0. The summed E-state index contributed by atoms with van der Waals surface area (Å²) in [5.74, 6) is 0.101. The zero-order chi connectivity index (χ0) is 64.5. The van der Waals surface area contributed by atoms with Crippen LogP contribution >= 0.6 is 15.6 Å². The van der Waals surface area contributed by atoms with Crippen molar-refractivity contribution in [2.75, 3.05) is 39.6 Å². The molecule has 0 rings (SSSR count). The first-order valence-corrected chi connectivity index (χ1v) is 38.3. The van der Waals surface area contributed by atoms with Crippen LogP contribution in [-0.2, 0) is 65.4 Å². The van der Waals surface area contributed by atoms with Crippen LogP contribution < -0.4 is 0 Å². The third-order valence-electron chi connectivity index (χ3n) is 15.6. The van der Waals surface area contributed by atoms with Crippen LogP contribution in [0, 0.1) is 17.8 Å². The first-order chi connectivity index (χ1) is 41.7. The Balaban J connectivity index is 5.20. The standard InChI is InChI=1S/C68H132O17P2/c1-8-9-10-11-25-35-42-49-65(70)78-55-64(85-68(73)52-45-38-31-30-34-41-48-61(6)7)58-83-87(76,77)81-54-62(69)53-80-86(74,75)82-57-63(56-79-66(71)50-43-36-28-23-19-16-15-18-22-27-33-40-47-60(4)5)84-67(72)51-44-37-29-24-20-14-12-13-17-21-26-32-39-46-59(2)3/h59-64,69H,8-58H2,1-7H3,(H,74,75)(H,76,77)/t62-,63-,64-/m1/s1. The molecule has 0 radical (unpaired) electrons. The third kappa shape index (κ3) is 62.6. The van der Waals surface area contributed by atoms with Crippen LogP contribution in [0.3, 0.4) is 0 Å². The van der Waals surface area contributed by atoms with Crippen LogP contribution in [0.25, 0.3) is 0 Å². The number of phosphoric ester groups is 2. The van der Waals surface area contributed by atoms with Gasteiger partial charge in [-0.15, -0.1) is 0 Å². The SMILES string of the molecule is CCCCCCCCCC(=O)OC[C@H](COP(=O)(O)OC[C@H](O)COP(=O)(O)OC[C@@H](COC(=O)CCCCCCCCCCCCCCC(C)C)OC(=O)CCCCCCCCCCCCCCCC(C)C)OC(=O)CCCCCCCCC(C)C. The highest BCUT2D eigenvalue weighted by Gasteiger charge is 2.30. The van der Waals surface area contributed by atoms with Gasteiger partial charge in [-0.25, -0.2) is 9.13 Å². The lowest BCUT2D eigenvalue weighted by Gasteiger charge is -2.21. The lowest BCUT2D eigenvalue weighted by Crippen LogP contribution is -2.30. The Morgan fingerprint density at radius 3 is 0.782 bits per heavy atom. The molecular formula is C68H132O17P2. The number of carbonyl (C=O) groups excluding carboxylic acids is 4. The molecule has 0 aromatic rings. The van der Waals surface area contributed by atoms with Crippen LogP contribution in [0.4, 0.5) is 0 Å². The molecule has 0 saturated carbocycles. The molecule has 3 N–H and O–H groups in total. The summed E-state index contributed by atoms with van der Waals surface area (Å²) in [5, 5.41) is 10.5. The maximum absolute atomic E-state index is 13.0. The van der Waals surface area contributed by atoms with Gasteiger partial charge in [0, 0.05) is 25.7 Å². The summed E-state index contributed by atoms with van der Waals surface area (Å²) in [6.45, 7) is 11.7. The fraction of sp³-hybridized carbons (Fsp3) is 0.941. The van der Waals surface area contributed by atoms with E-state index < -0.39 is 97.5 Å². The van der Waals surface area contributed by atoms with Gasteiger partial charge in [0.15, 0.2) is 12.2 Å². The molecule has 0 spiro atoms. The third-order valence-corrected chi connectivity index (χ3v) is 17.5. The molecule has 0 fully saturated rings. The summed E-state index contributed by atoms with van der Waals surface area (Å²) in [4.78, 5) is 72.3. The summed E-state index contributed by atoms with van der Waals surface area (Å²) < 4.78 is 68.1. The van der Waals surface area contributed by atoms with Crippen molar-refractivity contribution in [3.05, 3.63) is 0 Å². The van der Waals surface area contributed by atoms with Gasteiger partial charge in [0.2, 0.25) is 0 Å². The molecule has 19 heteroatoms. The van der Waals surface area contributed by atoms with Gasteiger partial charge in [-0.2, -0.15) is 0 Å². The highest BCUT2D eigenvalue weighted by molar-refractivity contribution is 7.47. The smallest absolute Gasteiger partial charge is 0.462 e. The second-order valence-corrected chi connectivity index (χ2v) is 28.9. The van der Waals surface area contributed by atoms with E-state index in [1.165, 1.54) is 135 Å². The summed E-state index contributed by atoms with van der Waals surface area (Å²) in [7, 11) is -9.89. The van der Waals surface area contributed by atoms with Crippen LogP contribution in [0.5, 0.6) is 0 Å². The minimum atomic E-state index is -4.95. The van der Waals surface area contributed by atoms with Crippen LogP contribution in [0.2, 0.25) is 0 Å². The molecule has 87 heavy (non-hydrogen) atoms. The topological polar surface area (TPSA) is 237 Å². The summed E-state index contributed by atoms with van der Waals surface area (Å²) in [6, 6.07) is 0. The molecule has 0 aromatic heterocycles. The van der Waals surface area contributed by atoms with Crippen molar-refractivity contribution in [1.29, 1.82) is 0 Å². The number of carbonyl (C=O) groups is 4. The van der Waals surface area contributed by atoms with Crippen molar-refractivity contribution in [2.45, 2.75) is 356 Å². The average molecular weight is 1280 g/mol. The largest absolute Gasteiger partial charge is 0.472 e. The molecule has 516 valence electrons. The van der Waals surface area contributed by atoms with E-state index >= 15 is 0 Å². The van der Waals surface area contributed by atoms with Crippen molar-refractivity contribution in [3.63, 3.8) is 0 Å². The molecule has 0 aliphatic carbocycles. The van der Waals surface area contributed by atoms with Crippen LogP contribution in [0.1, 0.15) is 337 Å². The molecule has 2 unspecified atom stereocenters. The van der Waals surface area contributed by atoms with Gasteiger partial charge in [0.05, 0.1) is 26.4 Å². The van der Waals surface area contributed by atoms with Crippen molar-refractivity contribution in [1.82, 2.24) is 0 Å². The van der Waals surface area contributed by atoms with E-state index in [4.69, 9.17) is 37.0 Å². The van der Waals surface area contributed by atoms with E-state index in [9.17, 15) is 43.2 Å². The van der Waals surface area contributed by atoms with Crippen LogP contribution in [0.15, 0.2) is 0 Å². The minimum Gasteiger partial charge on any atom is -0.462 e. The first kappa shape index (κ1) is 85.1. The number of hydrogen-bond acceptors (Lipinski definition) is 15. The molecule has 0 heterocycles. The zero-order valence-electron chi connectivity index (χ0n) is 56.5. The van der Waals surface area contributed by atoms with E-state index in [0.717, 1.165) is 115 Å². The molecule has 0 amide bonds. The average Bonchev–Trinajstić information content (AvgIpc) is 3.69. The summed E-state index contributed by atoms with van der Waals surface area (Å²) >= 11 is 0. The molecular weight excluding hydrogens is 1150 g/mol. The fourth-order valence-electron chi connectivity index (χ4n) is 10.2. The highest BCUT2D eigenvalue weighted by Crippen LogP contribution is 2.45. The van der Waals surface area contributed by atoms with Gasteiger partial charge in [-0.05, 0) is 43.4 Å². The second kappa shape index (κ2) is 59.1. The molecule has 0 aliphatic rings. The number of aliphatic hydroxyl groups is 1. The predicted molar refractivity (Wildman–Crippen MR) is 349 cm³/mol. The van der Waals surface area contributed by atoms with E-state index in [1.54, 1.807) is 0 Å². The zero-order valence-corrected chi connectivity index (χ0v) is 58.3. The maximum atomic E-state index is 13.0. The van der Waals surface area contributed by atoms with E-state index in [1.807, 2.05) is 0 Å². The molecule has 0 aromatic carbocycles. The lowest BCUT2D eigenvalue weighted by molar-refractivity contribution is -0.161.